The van der Waals surface area contributed by atoms with Gasteiger partial charge in [-0.2, -0.15) is 18.4 Å². The van der Waals surface area contributed by atoms with Crippen LogP contribution in [0.3, 0.4) is 0 Å². The fourth-order valence-corrected chi connectivity index (χ4v) is 2.46. The normalized spacial score (nSPS) is 11.6. The van der Waals surface area contributed by atoms with Crippen LogP contribution in [0, 0.1) is 18.3 Å². The van der Waals surface area contributed by atoms with Crippen LogP contribution in [-0.4, -0.2) is 15.3 Å². The lowest BCUT2D eigenvalue weighted by Gasteiger charge is -2.12. The first-order valence-corrected chi connectivity index (χ1v) is 6.78. The minimum absolute atomic E-state index is 0.209. The number of hydrogen-bond acceptors (Lipinski definition) is 6. The van der Waals surface area contributed by atoms with Crippen molar-refractivity contribution in [3.8, 4) is 6.07 Å². The molecule has 1 aromatic carbocycles. The second-order valence-corrected chi connectivity index (χ2v) is 5.19. The topological polar surface area (TPSA) is 102 Å². The molecule has 0 radical (unpaired) electrons. The summed E-state index contributed by atoms with van der Waals surface area (Å²) in [4.78, 5) is 4.20. The van der Waals surface area contributed by atoms with E-state index < -0.39 is 17.3 Å². The lowest BCUT2D eigenvalue weighted by Crippen LogP contribution is -2.09. The standard InChI is InChI=1S/C15H10F3N5O/c1-7-10(12(20)13-14(21-7)23-24-22-13)5-8-2-3-11(15(16,17)18)9(4-8)6-19/h2-4H,5,20H2,1H3. The van der Waals surface area contributed by atoms with E-state index in [0.29, 0.717) is 28.0 Å². The average Bonchev–Trinajstić information content (AvgIpc) is 2.98. The molecule has 0 spiro atoms. The molecule has 0 amide bonds. The third-order valence-corrected chi connectivity index (χ3v) is 3.65. The zero-order chi connectivity index (χ0) is 17.5. The molecule has 9 heteroatoms. The molecule has 2 N–H and O–H groups in total. The highest BCUT2D eigenvalue weighted by Crippen LogP contribution is 2.33. The predicted molar refractivity (Wildman–Crippen MR) is 77.7 cm³/mol. The Morgan fingerprint density at radius 3 is 2.71 bits per heavy atom. The van der Waals surface area contributed by atoms with E-state index in [4.69, 9.17) is 11.0 Å². The van der Waals surface area contributed by atoms with Gasteiger partial charge in [-0.3, -0.25) is 0 Å². The van der Waals surface area contributed by atoms with E-state index in [1.54, 1.807) is 13.0 Å². The van der Waals surface area contributed by atoms with Crippen LogP contribution in [0.25, 0.3) is 11.2 Å². The summed E-state index contributed by atoms with van der Waals surface area (Å²) in [6.45, 7) is 1.70. The van der Waals surface area contributed by atoms with Crippen LogP contribution in [0.2, 0.25) is 0 Å². The van der Waals surface area contributed by atoms with Gasteiger partial charge in [0.15, 0.2) is 5.52 Å². The van der Waals surface area contributed by atoms with Crippen LogP contribution in [0.5, 0.6) is 0 Å². The van der Waals surface area contributed by atoms with E-state index >= 15 is 0 Å². The van der Waals surface area contributed by atoms with Crippen molar-refractivity contribution >= 4 is 16.9 Å². The Kier molecular flexibility index (Phi) is 3.60. The third-order valence-electron chi connectivity index (χ3n) is 3.65. The second kappa shape index (κ2) is 5.49. The summed E-state index contributed by atoms with van der Waals surface area (Å²) in [5.41, 5.74) is 7.16. The van der Waals surface area contributed by atoms with E-state index in [-0.39, 0.29) is 12.1 Å². The maximum Gasteiger partial charge on any atom is 0.417 e. The maximum atomic E-state index is 12.9. The van der Waals surface area contributed by atoms with E-state index in [1.807, 2.05) is 0 Å². The van der Waals surface area contributed by atoms with E-state index in [9.17, 15) is 13.2 Å². The molecule has 2 aromatic heterocycles. The molecule has 0 fully saturated rings. The minimum atomic E-state index is -4.58. The number of aromatic nitrogens is 3. The number of benzene rings is 1. The van der Waals surface area contributed by atoms with Gasteiger partial charge >= 0.3 is 6.18 Å². The van der Waals surface area contributed by atoms with Gasteiger partial charge in [-0.05, 0) is 34.9 Å². The summed E-state index contributed by atoms with van der Waals surface area (Å²) in [7, 11) is 0. The fourth-order valence-electron chi connectivity index (χ4n) is 2.46. The highest BCUT2D eigenvalue weighted by molar-refractivity contribution is 5.85. The van der Waals surface area contributed by atoms with Crippen molar-refractivity contribution in [2.45, 2.75) is 19.5 Å². The van der Waals surface area contributed by atoms with E-state index in [0.717, 1.165) is 6.07 Å². The molecule has 0 atom stereocenters. The molecule has 3 rings (SSSR count). The zero-order valence-corrected chi connectivity index (χ0v) is 12.3. The van der Waals surface area contributed by atoms with Gasteiger partial charge in [0.25, 0.3) is 0 Å². The lowest BCUT2D eigenvalue weighted by molar-refractivity contribution is -0.137. The SMILES string of the molecule is Cc1nc2nonc2c(N)c1Cc1ccc(C(F)(F)F)c(C#N)c1. The number of fused-ring (bicyclic) bond motifs is 1. The molecule has 3 aromatic rings. The summed E-state index contributed by atoms with van der Waals surface area (Å²) in [5, 5.41) is 16.3. The summed E-state index contributed by atoms with van der Waals surface area (Å²) in [6.07, 6.45) is -4.37. The second-order valence-electron chi connectivity index (χ2n) is 5.19. The van der Waals surface area contributed by atoms with E-state index in [1.165, 1.54) is 12.1 Å². The van der Waals surface area contributed by atoms with Crippen LogP contribution in [0.1, 0.15) is 27.9 Å². The van der Waals surface area contributed by atoms with Crippen LogP contribution >= 0.6 is 0 Å². The molecule has 2 heterocycles. The Balaban J connectivity index is 2.05. The number of anilines is 1. The Labute approximate surface area is 133 Å². The van der Waals surface area contributed by atoms with Gasteiger partial charge in [-0.15, -0.1) is 0 Å². The van der Waals surface area contributed by atoms with Gasteiger partial charge in [0.2, 0.25) is 5.65 Å². The Morgan fingerprint density at radius 2 is 2.04 bits per heavy atom. The summed E-state index contributed by atoms with van der Waals surface area (Å²) < 4.78 is 43.1. The Hall–Kier alpha value is -3.15. The van der Waals surface area contributed by atoms with Crippen LogP contribution in [0.4, 0.5) is 18.9 Å². The number of alkyl halides is 3. The number of aryl methyl sites for hydroxylation is 1. The Bertz CT molecular complexity index is 972. The highest BCUT2D eigenvalue weighted by Gasteiger charge is 2.33. The summed E-state index contributed by atoms with van der Waals surface area (Å²) >= 11 is 0. The predicted octanol–water partition coefficient (Wildman–Crippen LogP) is 2.99. The Morgan fingerprint density at radius 1 is 1.29 bits per heavy atom. The number of pyridine rings is 1. The largest absolute Gasteiger partial charge is 0.417 e. The van der Waals surface area contributed by atoms with Crippen LogP contribution < -0.4 is 5.73 Å². The van der Waals surface area contributed by atoms with Crippen molar-refractivity contribution in [1.29, 1.82) is 5.26 Å². The molecular weight excluding hydrogens is 323 g/mol. The molecule has 0 aliphatic rings. The molecule has 122 valence electrons. The van der Waals surface area contributed by atoms with E-state index in [2.05, 4.69) is 19.9 Å². The molecule has 0 unspecified atom stereocenters. The number of nitrogens with zero attached hydrogens (tertiary/aromatic N) is 4. The summed E-state index contributed by atoms with van der Waals surface area (Å²) in [5.74, 6) is 0. The van der Waals surface area contributed by atoms with Gasteiger partial charge < -0.3 is 5.73 Å². The first kappa shape index (κ1) is 15.7. The van der Waals surface area contributed by atoms with Crippen LogP contribution in [0.15, 0.2) is 22.8 Å². The first-order valence-electron chi connectivity index (χ1n) is 6.78. The molecule has 0 aliphatic heterocycles. The summed E-state index contributed by atoms with van der Waals surface area (Å²) in [6, 6.07) is 4.99. The highest BCUT2D eigenvalue weighted by atomic mass is 19.4. The number of nitriles is 1. The molecule has 24 heavy (non-hydrogen) atoms. The van der Waals surface area contributed by atoms with Crippen molar-refractivity contribution in [2.75, 3.05) is 5.73 Å². The maximum absolute atomic E-state index is 12.9. The molecule has 0 aliphatic carbocycles. The number of nitrogen functional groups attached to an aromatic ring is 1. The third kappa shape index (κ3) is 2.62. The molecular formula is C15H10F3N5O. The lowest BCUT2D eigenvalue weighted by atomic mass is 9.97. The van der Waals surface area contributed by atoms with Crippen LogP contribution in [-0.2, 0) is 12.6 Å². The number of nitrogens with two attached hydrogens (primary N) is 1. The van der Waals surface area contributed by atoms with Gasteiger partial charge in [-0.1, -0.05) is 6.07 Å². The van der Waals surface area contributed by atoms with Crippen molar-refractivity contribution in [1.82, 2.24) is 15.3 Å². The number of rotatable bonds is 2. The molecule has 0 saturated carbocycles. The number of halogens is 3. The van der Waals surface area contributed by atoms with Crippen molar-refractivity contribution in [2.24, 2.45) is 0 Å². The quantitative estimate of drug-likeness (QED) is 0.773. The molecule has 0 saturated heterocycles. The van der Waals surface area contributed by atoms with Crippen molar-refractivity contribution < 1.29 is 17.8 Å². The smallest absolute Gasteiger partial charge is 0.396 e. The minimum Gasteiger partial charge on any atom is -0.396 e. The van der Waals surface area contributed by atoms with Gasteiger partial charge in [0.1, 0.15) is 0 Å². The molecule has 6 nitrogen and oxygen atoms in total. The van der Waals surface area contributed by atoms with Gasteiger partial charge in [0, 0.05) is 17.7 Å². The van der Waals surface area contributed by atoms with Crippen molar-refractivity contribution in [3.63, 3.8) is 0 Å². The van der Waals surface area contributed by atoms with Gasteiger partial charge in [-0.25, -0.2) is 9.61 Å². The fraction of sp³-hybridized carbons (Fsp3) is 0.200. The van der Waals surface area contributed by atoms with Crippen molar-refractivity contribution in [3.05, 3.63) is 46.1 Å². The number of hydrogen-bond donors (Lipinski definition) is 1. The first-order chi connectivity index (χ1) is 11.3. The average molecular weight is 333 g/mol. The van der Waals surface area contributed by atoms with Gasteiger partial charge in [0.05, 0.1) is 22.9 Å². The molecule has 0 bridgehead atoms. The zero-order valence-electron chi connectivity index (χ0n) is 12.3. The monoisotopic (exact) mass is 333 g/mol.